The van der Waals surface area contributed by atoms with Crippen LogP contribution in [-0.2, 0) is 0 Å². The first-order chi connectivity index (χ1) is 8.74. The van der Waals surface area contributed by atoms with E-state index in [-0.39, 0.29) is 0 Å². The fourth-order valence-corrected chi connectivity index (χ4v) is 1.76. The average Bonchev–Trinajstić information content (AvgIpc) is 2.26. The highest BCUT2D eigenvalue weighted by atomic mass is 79.9. The minimum Gasteiger partial charge on any atom is -0.395 e. The average molecular weight is 344 g/mol. The van der Waals surface area contributed by atoms with Gasteiger partial charge in [0.05, 0.1) is 12.2 Å². The van der Waals surface area contributed by atoms with Gasteiger partial charge in [0, 0.05) is 11.0 Å². The quantitative estimate of drug-likeness (QED) is 0.853. The number of carbonyl (C=O) groups is 1. The molecule has 19 heavy (non-hydrogen) atoms. The van der Waals surface area contributed by atoms with Gasteiger partial charge in [-0.3, -0.25) is 4.79 Å². The Labute approximate surface area is 115 Å². The minimum atomic E-state index is -4.61. The number of benzene rings is 1. The van der Waals surface area contributed by atoms with Crippen LogP contribution in [0.3, 0.4) is 0 Å². The van der Waals surface area contributed by atoms with Crippen molar-refractivity contribution in [3.8, 4) is 0 Å². The van der Waals surface area contributed by atoms with Crippen molar-refractivity contribution in [2.24, 2.45) is 0 Å². The summed E-state index contributed by atoms with van der Waals surface area (Å²) in [5, 5.41) is 8.68. The zero-order chi connectivity index (χ0) is 14.6. The summed E-state index contributed by atoms with van der Waals surface area (Å²) in [4.78, 5) is 12.2. The summed E-state index contributed by atoms with van der Waals surface area (Å²) in [7, 11) is 0. The molecular formula is C11H10BrF4NO2. The van der Waals surface area contributed by atoms with Gasteiger partial charge in [0.2, 0.25) is 0 Å². The standard InChI is InChI=1S/C11H10BrF4NO2/c12-7-1-2-8(9(13)5-7)10(19)17(3-4-18)6-11(14,15)16/h1-2,5,18H,3-4,6H2. The fraction of sp³-hybridized carbons (Fsp3) is 0.364. The van der Waals surface area contributed by atoms with Crippen molar-refractivity contribution in [2.75, 3.05) is 19.7 Å². The second kappa shape index (κ2) is 6.33. The maximum atomic E-state index is 13.5. The van der Waals surface area contributed by atoms with Gasteiger partial charge >= 0.3 is 6.18 Å². The second-order valence-electron chi connectivity index (χ2n) is 3.69. The number of alkyl halides is 3. The Morgan fingerprint density at radius 2 is 2.00 bits per heavy atom. The number of halogens is 5. The van der Waals surface area contributed by atoms with Crippen LogP contribution < -0.4 is 0 Å². The molecule has 0 saturated heterocycles. The molecule has 0 aliphatic carbocycles. The van der Waals surface area contributed by atoms with Crippen LogP contribution in [0, 0.1) is 5.82 Å². The zero-order valence-electron chi connectivity index (χ0n) is 9.55. The first-order valence-corrected chi connectivity index (χ1v) is 5.96. The van der Waals surface area contributed by atoms with Crippen LogP contribution in [0.1, 0.15) is 10.4 Å². The molecule has 0 aliphatic rings. The van der Waals surface area contributed by atoms with Gasteiger partial charge in [-0.15, -0.1) is 0 Å². The van der Waals surface area contributed by atoms with Crippen molar-refractivity contribution < 1.29 is 27.5 Å². The van der Waals surface area contributed by atoms with Gasteiger partial charge in [-0.25, -0.2) is 4.39 Å². The van der Waals surface area contributed by atoms with Crippen LogP contribution in [-0.4, -0.2) is 41.8 Å². The van der Waals surface area contributed by atoms with E-state index in [1.165, 1.54) is 6.07 Å². The van der Waals surface area contributed by atoms with E-state index >= 15 is 0 Å². The number of hydrogen-bond donors (Lipinski definition) is 1. The lowest BCUT2D eigenvalue weighted by Gasteiger charge is -2.23. The molecule has 8 heteroatoms. The number of rotatable bonds is 4. The summed E-state index contributed by atoms with van der Waals surface area (Å²) in [5.41, 5.74) is -0.471. The second-order valence-corrected chi connectivity index (χ2v) is 4.61. The number of carbonyl (C=O) groups excluding carboxylic acids is 1. The van der Waals surface area contributed by atoms with Crippen molar-refractivity contribution in [3.05, 3.63) is 34.1 Å². The van der Waals surface area contributed by atoms with E-state index < -0.39 is 43.2 Å². The molecule has 0 unspecified atom stereocenters. The minimum absolute atomic E-state index is 0.353. The monoisotopic (exact) mass is 343 g/mol. The number of aliphatic hydroxyl groups excluding tert-OH is 1. The van der Waals surface area contributed by atoms with Crippen molar-refractivity contribution in [1.82, 2.24) is 4.90 Å². The third kappa shape index (κ3) is 4.79. The SMILES string of the molecule is O=C(c1ccc(Br)cc1F)N(CCO)CC(F)(F)F. The van der Waals surface area contributed by atoms with Gasteiger partial charge in [-0.1, -0.05) is 15.9 Å². The fourth-order valence-electron chi connectivity index (χ4n) is 1.42. The third-order valence-electron chi connectivity index (χ3n) is 2.19. The summed E-state index contributed by atoms with van der Waals surface area (Å²) in [6.07, 6.45) is -4.61. The molecule has 1 rings (SSSR count). The first kappa shape index (κ1) is 15.9. The molecular weight excluding hydrogens is 334 g/mol. The Hall–Kier alpha value is -1.15. The molecule has 1 aromatic rings. The molecule has 0 bridgehead atoms. The Bertz CT molecular complexity index is 464. The highest BCUT2D eigenvalue weighted by Crippen LogP contribution is 2.20. The Morgan fingerprint density at radius 1 is 1.37 bits per heavy atom. The lowest BCUT2D eigenvalue weighted by molar-refractivity contribution is -0.141. The van der Waals surface area contributed by atoms with Gasteiger partial charge < -0.3 is 10.0 Å². The number of hydrogen-bond acceptors (Lipinski definition) is 2. The molecule has 106 valence electrons. The van der Waals surface area contributed by atoms with E-state index in [2.05, 4.69) is 15.9 Å². The Morgan fingerprint density at radius 3 is 2.47 bits per heavy atom. The van der Waals surface area contributed by atoms with Gasteiger partial charge in [-0.2, -0.15) is 13.2 Å². The molecule has 0 radical (unpaired) electrons. The Balaban J connectivity index is 2.99. The smallest absolute Gasteiger partial charge is 0.395 e. The summed E-state index contributed by atoms with van der Waals surface area (Å²) >= 11 is 2.98. The molecule has 1 aromatic carbocycles. The van der Waals surface area contributed by atoms with E-state index in [0.29, 0.717) is 9.37 Å². The molecule has 0 atom stereocenters. The highest BCUT2D eigenvalue weighted by Gasteiger charge is 2.33. The number of aliphatic hydroxyl groups is 1. The van der Waals surface area contributed by atoms with Gasteiger partial charge in [0.25, 0.3) is 5.91 Å². The molecule has 0 aliphatic heterocycles. The van der Waals surface area contributed by atoms with Crippen molar-refractivity contribution in [2.45, 2.75) is 6.18 Å². The number of nitrogens with zero attached hydrogens (tertiary/aromatic N) is 1. The summed E-state index contributed by atoms with van der Waals surface area (Å²) in [5.74, 6) is -2.04. The highest BCUT2D eigenvalue weighted by molar-refractivity contribution is 9.10. The molecule has 0 fully saturated rings. The molecule has 0 saturated carbocycles. The summed E-state index contributed by atoms with van der Waals surface area (Å²) < 4.78 is 50.8. The normalized spacial score (nSPS) is 11.5. The molecule has 1 amide bonds. The predicted octanol–water partition coefficient (Wildman–Crippen LogP) is 2.59. The van der Waals surface area contributed by atoms with Crippen LogP contribution in [0.15, 0.2) is 22.7 Å². The molecule has 0 heterocycles. The molecule has 0 aromatic heterocycles. The number of amides is 1. The van der Waals surface area contributed by atoms with Crippen molar-refractivity contribution >= 4 is 21.8 Å². The molecule has 0 spiro atoms. The van der Waals surface area contributed by atoms with E-state index in [1.807, 2.05) is 0 Å². The maximum Gasteiger partial charge on any atom is 0.406 e. The zero-order valence-corrected chi connectivity index (χ0v) is 11.1. The van der Waals surface area contributed by atoms with Crippen LogP contribution in [0.5, 0.6) is 0 Å². The molecule has 3 nitrogen and oxygen atoms in total. The van der Waals surface area contributed by atoms with Crippen LogP contribution in [0.25, 0.3) is 0 Å². The maximum absolute atomic E-state index is 13.5. The van der Waals surface area contributed by atoms with E-state index in [9.17, 15) is 22.4 Å². The van der Waals surface area contributed by atoms with Crippen LogP contribution in [0.2, 0.25) is 0 Å². The van der Waals surface area contributed by atoms with Crippen LogP contribution in [0.4, 0.5) is 17.6 Å². The lowest BCUT2D eigenvalue weighted by Crippen LogP contribution is -2.41. The predicted molar refractivity (Wildman–Crippen MR) is 63.1 cm³/mol. The van der Waals surface area contributed by atoms with Gasteiger partial charge in [-0.05, 0) is 18.2 Å². The third-order valence-corrected chi connectivity index (χ3v) is 2.68. The topological polar surface area (TPSA) is 40.5 Å². The van der Waals surface area contributed by atoms with Gasteiger partial charge in [0.1, 0.15) is 12.4 Å². The van der Waals surface area contributed by atoms with E-state index in [4.69, 9.17) is 5.11 Å². The van der Waals surface area contributed by atoms with Gasteiger partial charge in [0.15, 0.2) is 0 Å². The lowest BCUT2D eigenvalue weighted by atomic mass is 10.2. The first-order valence-electron chi connectivity index (χ1n) is 5.16. The van der Waals surface area contributed by atoms with Crippen LogP contribution >= 0.6 is 15.9 Å². The van der Waals surface area contributed by atoms with E-state index in [1.54, 1.807) is 0 Å². The van der Waals surface area contributed by atoms with Crippen molar-refractivity contribution in [1.29, 1.82) is 0 Å². The largest absolute Gasteiger partial charge is 0.406 e. The summed E-state index contributed by atoms with van der Waals surface area (Å²) in [6, 6.07) is 3.42. The molecule has 1 N–H and O–H groups in total. The van der Waals surface area contributed by atoms with Crippen molar-refractivity contribution in [3.63, 3.8) is 0 Å². The van der Waals surface area contributed by atoms with E-state index in [0.717, 1.165) is 12.1 Å². The Kier molecular flexibility index (Phi) is 5.30. The summed E-state index contributed by atoms with van der Waals surface area (Å²) in [6.45, 7) is -2.70.